The van der Waals surface area contributed by atoms with E-state index in [0.717, 1.165) is 12.8 Å². The maximum atomic E-state index is 12.9. The molecular weight excluding hydrogens is 346 g/mol. The minimum atomic E-state index is -0.147. The number of nitrogen functional groups attached to an aromatic ring is 1. The van der Waals surface area contributed by atoms with Crippen molar-refractivity contribution in [3.05, 3.63) is 29.5 Å². The first-order valence-corrected chi connectivity index (χ1v) is 9.34. The van der Waals surface area contributed by atoms with E-state index < -0.39 is 0 Å². The van der Waals surface area contributed by atoms with Gasteiger partial charge in [-0.1, -0.05) is 11.6 Å². The van der Waals surface area contributed by atoms with Crippen molar-refractivity contribution in [2.24, 2.45) is 0 Å². The lowest BCUT2D eigenvalue weighted by Crippen LogP contribution is -2.31. The SMILES string of the molecule is CCN(Cc1noc(C2CCC2)n1)C(=O)c1cnc2c(c1)nc(N)n2CC. The summed E-state index contributed by atoms with van der Waals surface area (Å²) in [6.45, 7) is 5.39. The van der Waals surface area contributed by atoms with Crippen LogP contribution < -0.4 is 5.73 Å². The van der Waals surface area contributed by atoms with E-state index in [1.807, 2.05) is 18.4 Å². The minimum Gasteiger partial charge on any atom is -0.369 e. The summed E-state index contributed by atoms with van der Waals surface area (Å²) >= 11 is 0. The summed E-state index contributed by atoms with van der Waals surface area (Å²) in [5.74, 6) is 1.84. The van der Waals surface area contributed by atoms with Gasteiger partial charge in [-0.15, -0.1) is 0 Å². The van der Waals surface area contributed by atoms with E-state index in [9.17, 15) is 4.79 Å². The van der Waals surface area contributed by atoms with Gasteiger partial charge < -0.3 is 15.2 Å². The van der Waals surface area contributed by atoms with Crippen LogP contribution in [0.3, 0.4) is 0 Å². The van der Waals surface area contributed by atoms with E-state index >= 15 is 0 Å². The fourth-order valence-corrected chi connectivity index (χ4v) is 3.29. The number of aromatic nitrogens is 5. The molecule has 0 unspecified atom stereocenters. The Morgan fingerprint density at radius 3 is 2.85 bits per heavy atom. The van der Waals surface area contributed by atoms with Crippen LogP contribution in [0.1, 0.15) is 61.1 Å². The van der Waals surface area contributed by atoms with Gasteiger partial charge in [-0.05, 0) is 32.8 Å². The first-order valence-electron chi connectivity index (χ1n) is 9.34. The number of hydrogen-bond donors (Lipinski definition) is 1. The van der Waals surface area contributed by atoms with Crippen LogP contribution in [0.15, 0.2) is 16.8 Å². The molecule has 0 aromatic carbocycles. The Bertz CT molecular complexity index is 973. The van der Waals surface area contributed by atoms with Gasteiger partial charge in [-0.2, -0.15) is 4.98 Å². The highest BCUT2D eigenvalue weighted by Gasteiger charge is 2.26. The monoisotopic (exact) mass is 369 g/mol. The highest BCUT2D eigenvalue weighted by atomic mass is 16.5. The maximum absolute atomic E-state index is 12.9. The van der Waals surface area contributed by atoms with E-state index in [2.05, 4.69) is 20.1 Å². The number of carbonyl (C=O) groups is 1. The summed E-state index contributed by atoms with van der Waals surface area (Å²) in [6, 6.07) is 1.73. The molecule has 3 aromatic heterocycles. The average Bonchev–Trinajstić information content (AvgIpc) is 3.20. The van der Waals surface area contributed by atoms with Gasteiger partial charge in [-0.25, -0.2) is 9.97 Å². The van der Waals surface area contributed by atoms with Crippen LogP contribution in [-0.4, -0.2) is 42.0 Å². The molecule has 0 bridgehead atoms. The van der Waals surface area contributed by atoms with Crippen molar-refractivity contribution in [1.82, 2.24) is 29.6 Å². The smallest absolute Gasteiger partial charge is 0.255 e. The van der Waals surface area contributed by atoms with Gasteiger partial charge in [0.25, 0.3) is 5.91 Å². The lowest BCUT2D eigenvalue weighted by molar-refractivity contribution is 0.0747. The number of amides is 1. The molecular formula is C18H23N7O2. The van der Waals surface area contributed by atoms with Crippen molar-refractivity contribution in [3.63, 3.8) is 0 Å². The largest absolute Gasteiger partial charge is 0.369 e. The average molecular weight is 369 g/mol. The Labute approximate surface area is 156 Å². The topological polar surface area (TPSA) is 116 Å². The lowest BCUT2D eigenvalue weighted by Gasteiger charge is -2.20. The first-order chi connectivity index (χ1) is 13.1. The summed E-state index contributed by atoms with van der Waals surface area (Å²) in [4.78, 5) is 27.7. The molecule has 0 atom stereocenters. The van der Waals surface area contributed by atoms with Crippen LogP contribution in [0.2, 0.25) is 0 Å². The Balaban J connectivity index is 1.54. The van der Waals surface area contributed by atoms with Crippen LogP contribution in [0.4, 0.5) is 5.95 Å². The number of pyridine rings is 1. The molecule has 0 radical (unpaired) electrons. The Hall–Kier alpha value is -2.97. The Kier molecular flexibility index (Phi) is 4.51. The van der Waals surface area contributed by atoms with Crippen LogP contribution in [0.25, 0.3) is 11.2 Å². The predicted molar refractivity (Wildman–Crippen MR) is 98.9 cm³/mol. The molecule has 27 heavy (non-hydrogen) atoms. The summed E-state index contributed by atoms with van der Waals surface area (Å²) in [6.07, 6.45) is 4.96. The summed E-state index contributed by atoms with van der Waals surface area (Å²) in [7, 11) is 0. The molecule has 2 N–H and O–H groups in total. The number of aryl methyl sites for hydroxylation is 1. The minimum absolute atomic E-state index is 0.147. The zero-order valence-electron chi connectivity index (χ0n) is 15.6. The van der Waals surface area contributed by atoms with Gasteiger partial charge in [0.2, 0.25) is 11.8 Å². The molecule has 1 amide bonds. The molecule has 1 saturated carbocycles. The molecule has 0 spiro atoms. The third-order valence-corrected chi connectivity index (χ3v) is 5.12. The van der Waals surface area contributed by atoms with Crippen molar-refractivity contribution < 1.29 is 9.32 Å². The molecule has 4 rings (SSSR count). The van der Waals surface area contributed by atoms with Crippen molar-refractivity contribution >= 4 is 23.0 Å². The van der Waals surface area contributed by atoms with Crippen LogP contribution >= 0.6 is 0 Å². The Morgan fingerprint density at radius 1 is 1.37 bits per heavy atom. The molecule has 1 fully saturated rings. The van der Waals surface area contributed by atoms with Crippen molar-refractivity contribution in [2.45, 2.75) is 52.1 Å². The number of imidazole rings is 1. The molecule has 0 saturated heterocycles. The van der Waals surface area contributed by atoms with Crippen molar-refractivity contribution in [1.29, 1.82) is 0 Å². The zero-order chi connectivity index (χ0) is 19.0. The molecule has 9 heteroatoms. The van der Waals surface area contributed by atoms with Gasteiger partial charge in [0, 0.05) is 25.2 Å². The molecule has 9 nitrogen and oxygen atoms in total. The zero-order valence-corrected chi connectivity index (χ0v) is 15.6. The van der Waals surface area contributed by atoms with Crippen molar-refractivity contribution in [2.75, 3.05) is 12.3 Å². The van der Waals surface area contributed by atoms with Crippen molar-refractivity contribution in [3.8, 4) is 0 Å². The second-order valence-corrected chi connectivity index (χ2v) is 6.78. The van der Waals surface area contributed by atoms with Gasteiger partial charge >= 0.3 is 0 Å². The van der Waals surface area contributed by atoms with Crippen LogP contribution in [0, 0.1) is 0 Å². The van der Waals surface area contributed by atoms with Gasteiger partial charge in [-0.3, -0.25) is 9.36 Å². The third kappa shape index (κ3) is 3.13. The van der Waals surface area contributed by atoms with E-state index in [1.54, 1.807) is 17.2 Å². The summed E-state index contributed by atoms with van der Waals surface area (Å²) in [5.41, 5.74) is 7.67. The fraction of sp³-hybridized carbons (Fsp3) is 0.500. The van der Waals surface area contributed by atoms with E-state index in [0.29, 0.717) is 59.9 Å². The highest BCUT2D eigenvalue weighted by Crippen LogP contribution is 2.35. The number of nitrogens with zero attached hydrogens (tertiary/aromatic N) is 6. The quantitative estimate of drug-likeness (QED) is 0.709. The maximum Gasteiger partial charge on any atom is 0.255 e. The third-order valence-electron chi connectivity index (χ3n) is 5.12. The van der Waals surface area contributed by atoms with Crippen LogP contribution in [0.5, 0.6) is 0 Å². The summed E-state index contributed by atoms with van der Waals surface area (Å²) in [5, 5.41) is 4.03. The van der Waals surface area contributed by atoms with Crippen LogP contribution in [-0.2, 0) is 13.1 Å². The standard InChI is InChI=1S/C18H23N7O2/c1-3-24(10-14-22-16(27-23-14)11-6-5-7-11)17(26)12-8-13-15(20-9-12)25(4-2)18(19)21-13/h8-9,11H,3-7,10H2,1-2H3,(H2,19,21). The second kappa shape index (κ2) is 6.98. The number of nitrogens with two attached hydrogens (primary N) is 1. The lowest BCUT2D eigenvalue weighted by atomic mass is 9.85. The number of anilines is 1. The number of hydrogen-bond acceptors (Lipinski definition) is 7. The number of fused-ring (bicyclic) bond motifs is 1. The van der Waals surface area contributed by atoms with Gasteiger partial charge in [0.1, 0.15) is 5.52 Å². The number of carbonyl (C=O) groups excluding carboxylic acids is 1. The normalized spacial score (nSPS) is 14.4. The number of rotatable bonds is 6. The second-order valence-electron chi connectivity index (χ2n) is 6.78. The highest BCUT2D eigenvalue weighted by molar-refractivity contribution is 5.96. The van der Waals surface area contributed by atoms with Gasteiger partial charge in [0.15, 0.2) is 11.5 Å². The molecule has 142 valence electrons. The Morgan fingerprint density at radius 2 is 2.19 bits per heavy atom. The molecule has 1 aliphatic carbocycles. The predicted octanol–water partition coefficient (Wildman–Crippen LogP) is 2.35. The van der Waals surface area contributed by atoms with E-state index in [1.165, 1.54) is 6.42 Å². The molecule has 3 aromatic rings. The van der Waals surface area contributed by atoms with Gasteiger partial charge in [0.05, 0.1) is 12.1 Å². The van der Waals surface area contributed by atoms with E-state index in [4.69, 9.17) is 10.3 Å². The molecule has 1 aliphatic rings. The van der Waals surface area contributed by atoms with E-state index in [-0.39, 0.29) is 5.91 Å². The first kappa shape index (κ1) is 17.4. The fourth-order valence-electron chi connectivity index (χ4n) is 3.29. The summed E-state index contributed by atoms with van der Waals surface area (Å²) < 4.78 is 7.16. The molecule has 3 heterocycles. The molecule has 0 aliphatic heterocycles.